The lowest BCUT2D eigenvalue weighted by Gasteiger charge is -2.19. The van der Waals surface area contributed by atoms with Crippen LogP contribution in [0.1, 0.15) is 26.3 Å². The Bertz CT molecular complexity index is 875. The quantitative estimate of drug-likeness (QED) is 0.666. The molecule has 0 saturated heterocycles. The van der Waals surface area contributed by atoms with Crippen LogP contribution in [0, 0.1) is 0 Å². The number of fused-ring (bicyclic) bond motifs is 1. The molecule has 2 N–H and O–H groups in total. The van der Waals surface area contributed by atoms with E-state index >= 15 is 0 Å². The first-order chi connectivity index (χ1) is 10.8. The summed E-state index contributed by atoms with van der Waals surface area (Å²) in [6.45, 7) is 6.49. The van der Waals surface area contributed by atoms with E-state index in [0.29, 0.717) is 0 Å². The fourth-order valence-corrected chi connectivity index (χ4v) is 2.84. The first-order valence-corrected chi connectivity index (χ1v) is 7.73. The zero-order chi connectivity index (χ0) is 16.8. The van der Waals surface area contributed by atoms with Crippen molar-refractivity contribution in [1.29, 1.82) is 0 Å². The molecule has 0 radical (unpaired) electrons. The minimum atomic E-state index is 0.0365. The maximum absolute atomic E-state index is 10.5. The van der Waals surface area contributed by atoms with Gasteiger partial charge in [-0.2, -0.15) is 4.57 Å². The van der Waals surface area contributed by atoms with Crippen molar-refractivity contribution in [1.82, 2.24) is 0 Å². The molecule has 118 valence electrons. The SMILES string of the molecule is C[n+]1c(-c2ccc(O)cc2)cc(O)c2cc(C(C)(C)C)ccc21. The number of aromatic nitrogens is 1. The van der Waals surface area contributed by atoms with Gasteiger partial charge in [-0.05, 0) is 41.3 Å². The monoisotopic (exact) mass is 308 g/mol. The van der Waals surface area contributed by atoms with Crippen LogP contribution >= 0.6 is 0 Å². The Labute approximate surface area is 136 Å². The van der Waals surface area contributed by atoms with E-state index in [9.17, 15) is 10.2 Å². The van der Waals surface area contributed by atoms with Crippen molar-refractivity contribution in [3.05, 3.63) is 54.1 Å². The number of aryl methyl sites for hydroxylation is 1. The van der Waals surface area contributed by atoms with Crippen LogP contribution in [-0.4, -0.2) is 10.2 Å². The molecule has 1 aromatic heterocycles. The largest absolute Gasteiger partial charge is 0.508 e. The predicted molar refractivity (Wildman–Crippen MR) is 92.6 cm³/mol. The summed E-state index contributed by atoms with van der Waals surface area (Å²) in [7, 11) is 1.99. The number of rotatable bonds is 1. The molecule has 23 heavy (non-hydrogen) atoms. The predicted octanol–water partition coefficient (Wildman–Crippen LogP) is 4.04. The number of benzene rings is 2. The smallest absolute Gasteiger partial charge is 0.216 e. The fourth-order valence-electron chi connectivity index (χ4n) is 2.84. The third-order valence-electron chi connectivity index (χ3n) is 4.30. The number of aromatic hydroxyl groups is 2. The van der Waals surface area contributed by atoms with Crippen molar-refractivity contribution in [3.63, 3.8) is 0 Å². The van der Waals surface area contributed by atoms with Gasteiger partial charge >= 0.3 is 0 Å². The number of phenols is 1. The van der Waals surface area contributed by atoms with Gasteiger partial charge in [-0.1, -0.05) is 26.8 Å². The van der Waals surface area contributed by atoms with Crippen molar-refractivity contribution >= 4 is 10.9 Å². The first-order valence-electron chi connectivity index (χ1n) is 7.73. The van der Waals surface area contributed by atoms with Gasteiger partial charge in [0, 0.05) is 11.6 Å². The van der Waals surface area contributed by atoms with Crippen molar-refractivity contribution < 1.29 is 14.8 Å². The highest BCUT2D eigenvalue weighted by Crippen LogP contribution is 2.32. The van der Waals surface area contributed by atoms with E-state index in [4.69, 9.17) is 0 Å². The molecule has 1 heterocycles. The summed E-state index contributed by atoms with van der Waals surface area (Å²) in [5.74, 6) is 0.503. The van der Waals surface area contributed by atoms with Crippen LogP contribution < -0.4 is 4.57 Å². The minimum Gasteiger partial charge on any atom is -0.508 e. The van der Waals surface area contributed by atoms with Gasteiger partial charge < -0.3 is 10.2 Å². The van der Waals surface area contributed by atoms with E-state index < -0.39 is 0 Å². The summed E-state index contributed by atoms with van der Waals surface area (Å²) in [6, 6.07) is 15.0. The third-order valence-corrected chi connectivity index (χ3v) is 4.30. The highest BCUT2D eigenvalue weighted by Gasteiger charge is 2.21. The van der Waals surface area contributed by atoms with Gasteiger partial charge in [0.15, 0.2) is 0 Å². The Balaban J connectivity index is 2.24. The number of hydrogen-bond donors (Lipinski definition) is 2. The summed E-state index contributed by atoms with van der Waals surface area (Å²) in [6.07, 6.45) is 0. The minimum absolute atomic E-state index is 0.0365. The van der Waals surface area contributed by atoms with Crippen molar-refractivity contribution in [2.45, 2.75) is 26.2 Å². The van der Waals surface area contributed by atoms with E-state index in [0.717, 1.165) is 22.2 Å². The van der Waals surface area contributed by atoms with Crippen molar-refractivity contribution in [3.8, 4) is 22.8 Å². The maximum Gasteiger partial charge on any atom is 0.216 e. The lowest BCUT2D eigenvalue weighted by Crippen LogP contribution is -2.32. The van der Waals surface area contributed by atoms with Gasteiger partial charge in [-0.3, -0.25) is 0 Å². The lowest BCUT2D eigenvalue weighted by molar-refractivity contribution is -0.633. The van der Waals surface area contributed by atoms with Crippen molar-refractivity contribution in [2.75, 3.05) is 0 Å². The van der Waals surface area contributed by atoms with Gasteiger partial charge in [0.05, 0.1) is 11.5 Å². The highest BCUT2D eigenvalue weighted by molar-refractivity contribution is 5.85. The van der Waals surface area contributed by atoms with Crippen LogP contribution in [0.3, 0.4) is 0 Å². The Kier molecular flexibility index (Phi) is 3.52. The van der Waals surface area contributed by atoms with Gasteiger partial charge in [0.2, 0.25) is 11.2 Å². The standard InChI is InChI=1S/C20H21NO2/c1-20(2,3)14-7-10-17-16(11-14)19(23)12-18(21(17)4)13-5-8-15(22)9-6-13/h5-12H,1-4H3,(H,22,23)/p+1. The molecule has 3 aromatic rings. The van der Waals surface area contributed by atoms with Crippen LogP contribution in [0.4, 0.5) is 0 Å². The van der Waals surface area contributed by atoms with Gasteiger partial charge in [-0.25, -0.2) is 0 Å². The Morgan fingerprint density at radius 2 is 1.52 bits per heavy atom. The summed E-state index contributed by atoms with van der Waals surface area (Å²) in [5.41, 5.74) is 4.05. The molecular formula is C20H22NO2+. The Morgan fingerprint density at radius 1 is 0.870 bits per heavy atom. The number of phenolic OH excluding ortho intramolecular Hbond substituents is 1. The van der Waals surface area contributed by atoms with E-state index in [1.54, 1.807) is 18.2 Å². The molecule has 3 nitrogen and oxygen atoms in total. The molecule has 0 amide bonds. The average molecular weight is 308 g/mol. The normalized spacial score (nSPS) is 11.8. The Morgan fingerprint density at radius 3 is 2.13 bits per heavy atom. The summed E-state index contributed by atoms with van der Waals surface area (Å²) < 4.78 is 2.06. The maximum atomic E-state index is 10.5. The lowest BCUT2D eigenvalue weighted by atomic mass is 9.86. The van der Waals surface area contributed by atoms with Crippen molar-refractivity contribution in [2.24, 2.45) is 7.05 Å². The average Bonchev–Trinajstić information content (AvgIpc) is 2.50. The second kappa shape index (κ2) is 5.27. The summed E-state index contributed by atoms with van der Waals surface area (Å²) in [4.78, 5) is 0. The molecule has 2 aromatic carbocycles. The van der Waals surface area contributed by atoms with E-state index in [1.807, 2.05) is 19.2 Å². The van der Waals surface area contributed by atoms with Crippen LogP contribution in [0.15, 0.2) is 48.5 Å². The first kappa shape index (κ1) is 15.3. The summed E-state index contributed by atoms with van der Waals surface area (Å²) in [5, 5.41) is 20.8. The van der Waals surface area contributed by atoms with Gasteiger partial charge in [0.1, 0.15) is 18.5 Å². The molecule has 0 atom stereocenters. The topological polar surface area (TPSA) is 44.3 Å². The number of pyridine rings is 1. The van der Waals surface area contributed by atoms with Gasteiger partial charge in [0.25, 0.3) is 0 Å². The summed E-state index contributed by atoms with van der Waals surface area (Å²) >= 11 is 0. The molecule has 0 bridgehead atoms. The van der Waals surface area contributed by atoms with Crippen LogP contribution in [0.2, 0.25) is 0 Å². The zero-order valence-electron chi connectivity index (χ0n) is 14.0. The second-order valence-electron chi connectivity index (χ2n) is 7.00. The van der Waals surface area contributed by atoms with Crippen LogP contribution in [0.5, 0.6) is 11.5 Å². The van der Waals surface area contributed by atoms with Gasteiger partial charge in [-0.15, -0.1) is 0 Å². The molecule has 3 rings (SSSR count). The number of nitrogens with zero attached hydrogens (tertiary/aromatic N) is 1. The highest BCUT2D eigenvalue weighted by atomic mass is 16.3. The molecule has 0 fully saturated rings. The molecule has 0 saturated carbocycles. The van der Waals surface area contributed by atoms with E-state index in [2.05, 4.69) is 43.5 Å². The van der Waals surface area contributed by atoms with E-state index in [1.165, 1.54) is 5.56 Å². The van der Waals surface area contributed by atoms with Crippen LogP contribution in [-0.2, 0) is 12.5 Å². The van der Waals surface area contributed by atoms with Crippen LogP contribution in [0.25, 0.3) is 22.2 Å². The molecular weight excluding hydrogens is 286 g/mol. The third kappa shape index (κ3) is 2.74. The molecule has 0 aliphatic carbocycles. The molecule has 3 heteroatoms. The number of hydrogen-bond acceptors (Lipinski definition) is 2. The Hall–Kier alpha value is -2.55. The zero-order valence-corrected chi connectivity index (χ0v) is 14.0. The fraction of sp³-hybridized carbons (Fsp3) is 0.250. The van der Waals surface area contributed by atoms with E-state index in [-0.39, 0.29) is 16.9 Å². The second-order valence-corrected chi connectivity index (χ2v) is 7.00. The molecule has 0 aliphatic rings. The molecule has 0 unspecified atom stereocenters. The molecule has 0 aliphatic heterocycles. The molecule has 0 spiro atoms.